The molecule has 0 unspecified atom stereocenters. The highest BCUT2D eigenvalue weighted by Gasteiger charge is 2.58. The molecule has 4 heteroatoms. The fourth-order valence-corrected chi connectivity index (χ4v) is 5.76. The van der Waals surface area contributed by atoms with E-state index in [1.807, 2.05) is 0 Å². The van der Waals surface area contributed by atoms with Crippen LogP contribution >= 0.6 is 0 Å². The summed E-state index contributed by atoms with van der Waals surface area (Å²) in [5, 5.41) is 3.39. The third kappa shape index (κ3) is 3.38. The van der Waals surface area contributed by atoms with Crippen molar-refractivity contribution in [2.45, 2.75) is 70.0 Å². The molecule has 1 spiro atoms. The molecule has 0 radical (unpaired) electrons. The summed E-state index contributed by atoms with van der Waals surface area (Å²) < 4.78 is 24.1. The van der Waals surface area contributed by atoms with Crippen molar-refractivity contribution in [1.82, 2.24) is 5.32 Å². The van der Waals surface area contributed by atoms with Crippen molar-refractivity contribution in [2.75, 3.05) is 19.3 Å². The van der Waals surface area contributed by atoms with E-state index in [-0.39, 0.29) is 0 Å². The average Bonchev–Trinajstić information content (AvgIpc) is 2.51. The molecule has 2 saturated carbocycles. The quantitative estimate of drug-likeness (QED) is 0.848. The Bertz CT molecular complexity index is 412. The first-order valence-electron chi connectivity index (χ1n) is 8.19. The molecule has 0 aliphatic heterocycles. The SMILES string of the molecule is CC(C)CNCC1(S(C)(=O)=O)CC2(CCCCCC2)C1. The Balaban J connectivity index is 2.01. The standard InChI is InChI=1S/C16H31NO2S/c1-14(2)10-17-13-16(20(3,18)19)11-15(12-16)8-6-4-5-7-9-15/h14,17H,4-13H2,1-3H3. The maximum Gasteiger partial charge on any atom is 0.154 e. The number of sulfone groups is 1. The van der Waals surface area contributed by atoms with Crippen molar-refractivity contribution < 1.29 is 8.42 Å². The molecule has 0 saturated heterocycles. The molecule has 0 amide bonds. The predicted molar refractivity (Wildman–Crippen MR) is 84.7 cm³/mol. The van der Waals surface area contributed by atoms with E-state index in [2.05, 4.69) is 19.2 Å². The van der Waals surface area contributed by atoms with Crippen LogP contribution in [0.2, 0.25) is 0 Å². The van der Waals surface area contributed by atoms with Gasteiger partial charge in [0.2, 0.25) is 0 Å². The Morgan fingerprint density at radius 1 is 1.05 bits per heavy atom. The third-order valence-corrected chi connectivity index (χ3v) is 7.35. The van der Waals surface area contributed by atoms with Gasteiger partial charge < -0.3 is 5.32 Å². The summed E-state index contributed by atoms with van der Waals surface area (Å²) in [6.07, 6.45) is 11.0. The molecule has 0 aromatic rings. The molecular weight excluding hydrogens is 270 g/mol. The molecular formula is C16H31NO2S. The van der Waals surface area contributed by atoms with Crippen LogP contribution in [-0.2, 0) is 9.84 Å². The van der Waals surface area contributed by atoms with Crippen molar-refractivity contribution in [3.05, 3.63) is 0 Å². The molecule has 118 valence electrons. The summed E-state index contributed by atoms with van der Waals surface area (Å²) in [4.78, 5) is 0. The van der Waals surface area contributed by atoms with Gasteiger partial charge in [-0.1, -0.05) is 39.5 Å². The summed E-state index contributed by atoms with van der Waals surface area (Å²) in [6.45, 7) is 5.87. The molecule has 0 aromatic heterocycles. The highest BCUT2D eigenvalue weighted by molar-refractivity contribution is 7.92. The zero-order valence-electron chi connectivity index (χ0n) is 13.4. The minimum Gasteiger partial charge on any atom is -0.315 e. The number of hydrogen-bond acceptors (Lipinski definition) is 3. The monoisotopic (exact) mass is 301 g/mol. The van der Waals surface area contributed by atoms with Gasteiger partial charge >= 0.3 is 0 Å². The van der Waals surface area contributed by atoms with Crippen LogP contribution in [0.5, 0.6) is 0 Å². The van der Waals surface area contributed by atoms with Gasteiger partial charge in [-0.3, -0.25) is 0 Å². The highest BCUT2D eigenvalue weighted by atomic mass is 32.2. The lowest BCUT2D eigenvalue weighted by atomic mass is 9.57. The predicted octanol–water partition coefficient (Wildman–Crippen LogP) is 3.15. The molecule has 2 aliphatic rings. The van der Waals surface area contributed by atoms with Crippen LogP contribution in [0.25, 0.3) is 0 Å². The van der Waals surface area contributed by atoms with Gasteiger partial charge in [0.25, 0.3) is 0 Å². The van der Waals surface area contributed by atoms with E-state index < -0.39 is 14.6 Å². The Hall–Kier alpha value is -0.0900. The number of rotatable bonds is 5. The maximum absolute atomic E-state index is 12.3. The van der Waals surface area contributed by atoms with Gasteiger partial charge in [-0.25, -0.2) is 8.42 Å². The summed E-state index contributed by atoms with van der Waals surface area (Å²) in [7, 11) is -2.98. The van der Waals surface area contributed by atoms with Gasteiger partial charge in [0, 0.05) is 12.8 Å². The summed E-state index contributed by atoms with van der Waals surface area (Å²) >= 11 is 0. The van der Waals surface area contributed by atoms with Crippen LogP contribution in [0.1, 0.15) is 65.2 Å². The van der Waals surface area contributed by atoms with E-state index in [1.54, 1.807) is 0 Å². The molecule has 2 aliphatic carbocycles. The second-order valence-corrected chi connectivity index (χ2v) is 10.2. The molecule has 2 fully saturated rings. The Morgan fingerprint density at radius 3 is 2.05 bits per heavy atom. The van der Waals surface area contributed by atoms with E-state index in [1.165, 1.54) is 44.8 Å². The molecule has 0 aromatic carbocycles. The summed E-state index contributed by atoms with van der Waals surface area (Å²) in [6, 6.07) is 0. The minimum absolute atomic E-state index is 0.346. The third-order valence-electron chi connectivity index (χ3n) is 5.34. The van der Waals surface area contributed by atoms with Crippen molar-refractivity contribution >= 4 is 9.84 Å². The molecule has 0 heterocycles. The van der Waals surface area contributed by atoms with Gasteiger partial charge in [0.1, 0.15) is 0 Å². The smallest absolute Gasteiger partial charge is 0.154 e. The average molecular weight is 301 g/mol. The van der Waals surface area contributed by atoms with Crippen molar-refractivity contribution in [3.8, 4) is 0 Å². The number of nitrogens with one attached hydrogen (secondary N) is 1. The van der Waals surface area contributed by atoms with Gasteiger partial charge in [-0.05, 0) is 43.6 Å². The largest absolute Gasteiger partial charge is 0.315 e. The van der Waals surface area contributed by atoms with E-state index in [0.29, 0.717) is 17.9 Å². The molecule has 3 nitrogen and oxygen atoms in total. The Morgan fingerprint density at radius 2 is 1.60 bits per heavy atom. The Kier molecular flexibility index (Phi) is 4.85. The lowest BCUT2D eigenvalue weighted by molar-refractivity contribution is 0.0555. The summed E-state index contributed by atoms with van der Waals surface area (Å²) in [5.74, 6) is 0.568. The zero-order valence-corrected chi connectivity index (χ0v) is 14.2. The fraction of sp³-hybridized carbons (Fsp3) is 1.00. The first kappa shape index (κ1) is 16.3. The van der Waals surface area contributed by atoms with Crippen molar-refractivity contribution in [3.63, 3.8) is 0 Å². The van der Waals surface area contributed by atoms with Gasteiger partial charge in [-0.15, -0.1) is 0 Å². The zero-order chi connectivity index (χ0) is 14.9. The Labute approximate surface area is 124 Å². The van der Waals surface area contributed by atoms with Crippen LogP contribution in [0.15, 0.2) is 0 Å². The first-order chi connectivity index (χ1) is 9.29. The second kappa shape index (κ2) is 5.96. The molecule has 0 bridgehead atoms. The molecule has 0 atom stereocenters. The van der Waals surface area contributed by atoms with Gasteiger partial charge in [0.15, 0.2) is 9.84 Å². The fourth-order valence-electron chi connectivity index (χ4n) is 4.25. The number of hydrogen-bond donors (Lipinski definition) is 1. The van der Waals surface area contributed by atoms with E-state index in [4.69, 9.17) is 0 Å². The lowest BCUT2D eigenvalue weighted by Gasteiger charge is -2.55. The van der Waals surface area contributed by atoms with Crippen LogP contribution in [0.4, 0.5) is 0 Å². The second-order valence-electron chi connectivity index (χ2n) is 7.75. The van der Waals surface area contributed by atoms with Crippen molar-refractivity contribution in [2.24, 2.45) is 11.3 Å². The molecule has 1 N–H and O–H groups in total. The maximum atomic E-state index is 12.3. The van der Waals surface area contributed by atoms with Crippen LogP contribution in [0.3, 0.4) is 0 Å². The van der Waals surface area contributed by atoms with Gasteiger partial charge in [0.05, 0.1) is 4.75 Å². The summed E-state index contributed by atoms with van der Waals surface area (Å²) in [5.41, 5.74) is 0.346. The minimum atomic E-state index is -2.98. The molecule has 2 rings (SSSR count). The normalized spacial score (nSPS) is 25.4. The first-order valence-corrected chi connectivity index (χ1v) is 10.1. The lowest BCUT2D eigenvalue weighted by Crippen LogP contribution is -2.61. The van der Waals surface area contributed by atoms with Crippen molar-refractivity contribution in [1.29, 1.82) is 0 Å². The molecule has 20 heavy (non-hydrogen) atoms. The van der Waals surface area contributed by atoms with Gasteiger partial charge in [-0.2, -0.15) is 0 Å². The van der Waals surface area contributed by atoms with Crippen LogP contribution in [0, 0.1) is 11.3 Å². The topological polar surface area (TPSA) is 46.2 Å². The van der Waals surface area contributed by atoms with Crippen LogP contribution in [-0.4, -0.2) is 32.5 Å². The van der Waals surface area contributed by atoms with E-state index in [0.717, 1.165) is 19.4 Å². The highest BCUT2D eigenvalue weighted by Crippen LogP contribution is 2.58. The van der Waals surface area contributed by atoms with E-state index >= 15 is 0 Å². The van der Waals surface area contributed by atoms with E-state index in [9.17, 15) is 8.42 Å². The van der Waals surface area contributed by atoms with Crippen LogP contribution < -0.4 is 5.32 Å².